The maximum Gasteiger partial charge on any atom is 0.417 e. The number of methoxy groups -OCH3 is 1. The number of piperidine rings is 1. The van der Waals surface area contributed by atoms with E-state index in [1.54, 1.807) is 6.92 Å². The number of aromatic amines is 2. The van der Waals surface area contributed by atoms with Crippen LogP contribution < -0.4 is 16.0 Å². The van der Waals surface area contributed by atoms with Gasteiger partial charge in [-0.3, -0.25) is 9.59 Å². The largest absolute Gasteiger partial charge is 0.453 e. The summed E-state index contributed by atoms with van der Waals surface area (Å²) in [4.78, 5) is 68.6. The van der Waals surface area contributed by atoms with Gasteiger partial charge in [0.25, 0.3) is 0 Å². The molecule has 15 nitrogen and oxygen atoms in total. The molecule has 57 heavy (non-hydrogen) atoms. The number of carbonyl (C=O) groups is 4. The highest BCUT2D eigenvalue weighted by molar-refractivity contribution is 14.1. The van der Waals surface area contributed by atoms with E-state index in [1.807, 2.05) is 60.4 Å². The number of fused-ring (bicyclic) bond motifs is 1. The van der Waals surface area contributed by atoms with Crippen molar-refractivity contribution >= 4 is 70.2 Å². The van der Waals surface area contributed by atoms with E-state index in [0.717, 1.165) is 35.1 Å². The van der Waals surface area contributed by atoms with Crippen molar-refractivity contribution in [2.45, 2.75) is 76.2 Å². The van der Waals surface area contributed by atoms with Crippen LogP contribution in [-0.2, 0) is 22.1 Å². The lowest BCUT2D eigenvalue weighted by Gasteiger charge is -2.30. The topological polar surface area (TPSA) is 193 Å². The molecule has 4 amide bonds. The number of carbonyl (C=O) groups excluding carboxylic acids is 4. The number of halogens is 3. The first kappa shape index (κ1) is 40.8. The highest BCUT2D eigenvalue weighted by Gasteiger charge is 2.56. The van der Waals surface area contributed by atoms with Crippen LogP contribution in [0, 0.1) is 11.8 Å². The van der Waals surface area contributed by atoms with Crippen LogP contribution in [0.5, 0.6) is 0 Å². The van der Waals surface area contributed by atoms with Crippen molar-refractivity contribution in [2.75, 3.05) is 20.3 Å². The Morgan fingerprint density at radius 1 is 0.877 bits per heavy atom. The van der Waals surface area contributed by atoms with Crippen LogP contribution in [0.1, 0.15) is 69.7 Å². The molecule has 6 atom stereocenters. The zero-order valence-electron chi connectivity index (χ0n) is 31.4. The van der Waals surface area contributed by atoms with Crippen LogP contribution in [0.15, 0.2) is 48.5 Å². The fraction of sp³-hybridized carbons (Fsp3) is 0.436. The highest BCUT2D eigenvalue weighted by Crippen LogP contribution is 2.53. The number of rotatable bonds is 12. The summed E-state index contributed by atoms with van der Waals surface area (Å²) in [5.41, 5.74) is 4.87. The number of benzene rings is 2. The van der Waals surface area contributed by atoms with E-state index in [-0.39, 0.29) is 35.0 Å². The van der Waals surface area contributed by atoms with Gasteiger partial charge in [0.05, 0.1) is 30.6 Å². The lowest BCUT2D eigenvalue weighted by Crippen LogP contribution is -2.52. The van der Waals surface area contributed by atoms with Crippen molar-refractivity contribution in [2.24, 2.45) is 11.8 Å². The minimum absolute atomic E-state index is 0.0984. The summed E-state index contributed by atoms with van der Waals surface area (Å²) in [6.45, 7) is 4.67. The summed E-state index contributed by atoms with van der Waals surface area (Å²) in [6.07, 6.45) is 2.08. The number of hydrogen-bond donors (Lipinski definition) is 5. The van der Waals surface area contributed by atoms with Gasteiger partial charge in [0.1, 0.15) is 23.7 Å². The average molecular weight is 934 g/mol. The molecule has 3 fully saturated rings. The first-order valence-electron chi connectivity index (χ1n) is 18.8. The lowest BCUT2D eigenvalue weighted by atomic mass is 9.91. The molecule has 2 aromatic heterocycles. The lowest BCUT2D eigenvalue weighted by molar-refractivity contribution is -0.135. The molecule has 7 rings (SSSR count). The second-order valence-electron chi connectivity index (χ2n) is 14.6. The van der Waals surface area contributed by atoms with Crippen molar-refractivity contribution in [1.82, 2.24) is 40.8 Å². The summed E-state index contributed by atoms with van der Waals surface area (Å²) in [6, 6.07) is 13.6. The molecule has 4 heterocycles. The quantitative estimate of drug-likeness (QED) is 0.0909. The van der Waals surface area contributed by atoms with Crippen molar-refractivity contribution < 1.29 is 31.7 Å². The molecule has 2 saturated heterocycles. The van der Waals surface area contributed by atoms with Gasteiger partial charge in [-0.15, -0.1) is 0 Å². The summed E-state index contributed by atoms with van der Waals surface area (Å²) in [5, 5.41) is 8.86. The Hall–Kier alpha value is -4.39. The van der Waals surface area contributed by atoms with Crippen molar-refractivity contribution in [3.05, 3.63) is 70.5 Å². The van der Waals surface area contributed by atoms with Crippen molar-refractivity contribution in [1.29, 1.82) is 0 Å². The molecule has 2 aliphatic heterocycles. The number of hydrogen-bond acceptors (Lipinski definition) is 9. The second kappa shape index (κ2) is 17.6. The fourth-order valence-electron chi connectivity index (χ4n) is 7.85. The Bertz CT molecular complexity index is 2110. The van der Waals surface area contributed by atoms with E-state index in [2.05, 4.69) is 35.9 Å². The third-order valence-electron chi connectivity index (χ3n) is 11.0. The maximum absolute atomic E-state index is 13.6. The summed E-state index contributed by atoms with van der Waals surface area (Å²) in [7, 11) is 1.28. The second-order valence-corrected chi connectivity index (χ2v) is 15.7. The molecule has 1 aliphatic carbocycles. The Morgan fingerprint density at radius 3 is 2.07 bits per heavy atom. The van der Waals surface area contributed by atoms with E-state index in [9.17, 15) is 19.2 Å². The van der Waals surface area contributed by atoms with Crippen molar-refractivity contribution in [3.63, 3.8) is 0 Å². The molecule has 0 unspecified atom stereocenters. The van der Waals surface area contributed by atoms with Crippen LogP contribution in [-0.4, -0.2) is 87.3 Å². The van der Waals surface area contributed by atoms with Crippen LogP contribution in [0.25, 0.3) is 33.6 Å². The van der Waals surface area contributed by atoms with Gasteiger partial charge in [0.2, 0.25) is 11.8 Å². The predicted octanol–water partition coefficient (Wildman–Crippen LogP) is 7.29. The van der Waals surface area contributed by atoms with Crippen LogP contribution in [0.2, 0.25) is 10.3 Å². The molecule has 0 radical (unpaired) electrons. The zero-order valence-corrected chi connectivity index (χ0v) is 35.1. The number of imidazole rings is 2. The SMILES string of the molecule is CC[C@H](NC(=O)OC)C(=O)N1[C@@H]2C[C@@H]2C[C@H]1c1nc(Cl)c(-c2ccc(-c3ccc(-c4[nH]c([C@H](C)NC(=O)[C@@H](NC(=O)OI)C5CCOCC5)nc4Cl)cc3)cc2)[nH]1. The smallest absolute Gasteiger partial charge is 0.417 e. The van der Waals surface area contributed by atoms with E-state index in [0.29, 0.717) is 66.6 Å². The van der Waals surface area contributed by atoms with E-state index >= 15 is 0 Å². The van der Waals surface area contributed by atoms with Crippen LogP contribution in [0.4, 0.5) is 9.59 Å². The maximum atomic E-state index is 13.6. The normalized spacial score (nSPS) is 20.5. The standard InChI is InChI=1S/C39H43Cl2IN8O7/c1-4-26(44-38(53)55-3)37(52)50-27-17-25(27)18-28(50)35-46-30(33(41)49-35)23-11-7-21(8-12-23)20-5-9-22(10-6-20)29-32(40)48-34(45-29)19(2)43-36(51)31(47-39(54)57-42)24-13-15-56-16-14-24/h5-12,19,24-28,31H,4,13-18H2,1-3H3,(H,43,51)(H,44,53)(H,45,48)(H,46,49)(H,47,54)/t19-,25+,26-,27+,28-,31-/m0/s1. The molecular weight excluding hydrogens is 890 g/mol. The van der Waals surface area contributed by atoms with Crippen LogP contribution in [0.3, 0.4) is 0 Å². The monoisotopic (exact) mass is 932 g/mol. The van der Waals surface area contributed by atoms with Gasteiger partial charge in [-0.1, -0.05) is 78.7 Å². The van der Waals surface area contributed by atoms with Gasteiger partial charge in [-0.05, 0) is 62.0 Å². The highest BCUT2D eigenvalue weighted by atomic mass is 127. The predicted molar refractivity (Wildman–Crippen MR) is 220 cm³/mol. The first-order valence-corrected chi connectivity index (χ1v) is 20.5. The van der Waals surface area contributed by atoms with E-state index < -0.39 is 30.3 Å². The minimum Gasteiger partial charge on any atom is -0.453 e. The molecule has 3 aliphatic rings. The average Bonchev–Trinajstić information content (AvgIpc) is 3.50. The van der Waals surface area contributed by atoms with Gasteiger partial charge in [-0.25, -0.2) is 19.6 Å². The Kier molecular flexibility index (Phi) is 12.6. The Balaban J connectivity index is 1.01. The number of H-pyrrole nitrogens is 2. The van der Waals surface area contributed by atoms with Crippen LogP contribution >= 0.6 is 46.2 Å². The third kappa shape index (κ3) is 8.88. The zero-order chi connectivity index (χ0) is 40.4. The number of amides is 4. The molecule has 302 valence electrons. The fourth-order valence-corrected chi connectivity index (χ4v) is 8.47. The van der Waals surface area contributed by atoms with Gasteiger partial charge in [-0.2, -0.15) is 0 Å². The molecule has 0 spiro atoms. The molecular formula is C39H43Cl2IN8O7. The van der Waals surface area contributed by atoms with Gasteiger partial charge in [0.15, 0.2) is 33.3 Å². The van der Waals surface area contributed by atoms with Gasteiger partial charge < -0.3 is 43.4 Å². The number of aromatic nitrogens is 4. The number of ether oxygens (including phenoxy) is 2. The first-order chi connectivity index (χ1) is 27.5. The third-order valence-corrected chi connectivity index (χ3v) is 12.0. The minimum atomic E-state index is -0.789. The number of likely N-dealkylation sites (tertiary alicyclic amines) is 1. The number of nitrogens with one attached hydrogen (secondary N) is 5. The molecule has 0 bridgehead atoms. The molecule has 1 saturated carbocycles. The summed E-state index contributed by atoms with van der Waals surface area (Å²) < 4.78 is 14.9. The van der Waals surface area contributed by atoms with Gasteiger partial charge >= 0.3 is 12.2 Å². The molecule has 18 heteroatoms. The Labute approximate surface area is 353 Å². The number of alkyl carbamates (subject to hydrolysis) is 1. The van der Waals surface area contributed by atoms with E-state index in [1.165, 1.54) is 30.1 Å². The van der Waals surface area contributed by atoms with E-state index in [4.69, 9.17) is 35.7 Å². The molecule has 4 aromatic rings. The Morgan fingerprint density at radius 2 is 1.47 bits per heavy atom. The van der Waals surface area contributed by atoms with Crippen molar-refractivity contribution in [3.8, 4) is 33.6 Å². The van der Waals surface area contributed by atoms with Gasteiger partial charge in [0, 0.05) is 30.4 Å². The summed E-state index contributed by atoms with van der Waals surface area (Å²) in [5.74, 6) is 0.885. The molecule has 5 N–H and O–H groups in total. The molecule has 2 aromatic carbocycles. The number of nitrogens with zero attached hydrogens (tertiary/aromatic N) is 3. The summed E-state index contributed by atoms with van der Waals surface area (Å²) >= 11 is 14.8.